The Kier molecular flexibility index (Phi) is 2.84. The Morgan fingerprint density at radius 1 is 1.33 bits per heavy atom. The highest BCUT2D eigenvalue weighted by molar-refractivity contribution is 6.30. The van der Waals surface area contributed by atoms with Gasteiger partial charge in [-0.15, -0.1) is 0 Å². The van der Waals surface area contributed by atoms with Gasteiger partial charge in [-0.1, -0.05) is 11.6 Å². The first-order valence-corrected chi connectivity index (χ1v) is 6.50. The van der Waals surface area contributed by atoms with E-state index < -0.39 is 0 Å². The summed E-state index contributed by atoms with van der Waals surface area (Å²) in [7, 11) is 0. The standard InChI is InChI=1S/C13H15ClN4/c1-8-11(15)6-7-12-16-13(17-18(8)12)9-2-4-10(14)5-3-9/h2-5,8,11H,6-7,15H2,1H3. The maximum absolute atomic E-state index is 6.05. The maximum atomic E-state index is 6.05. The van der Waals surface area contributed by atoms with E-state index in [0.29, 0.717) is 0 Å². The van der Waals surface area contributed by atoms with Crippen LogP contribution in [0.25, 0.3) is 11.4 Å². The molecule has 18 heavy (non-hydrogen) atoms. The monoisotopic (exact) mass is 262 g/mol. The third-order valence-corrected chi connectivity index (χ3v) is 3.76. The number of nitrogens with zero attached hydrogens (tertiary/aromatic N) is 3. The van der Waals surface area contributed by atoms with Crippen LogP contribution in [0.2, 0.25) is 5.02 Å². The van der Waals surface area contributed by atoms with Gasteiger partial charge in [0.2, 0.25) is 0 Å². The number of aryl methyl sites for hydroxylation is 1. The van der Waals surface area contributed by atoms with Gasteiger partial charge in [0.1, 0.15) is 5.82 Å². The minimum absolute atomic E-state index is 0.164. The molecule has 1 aromatic carbocycles. The van der Waals surface area contributed by atoms with Gasteiger partial charge < -0.3 is 5.73 Å². The smallest absolute Gasteiger partial charge is 0.181 e. The molecular formula is C13H15ClN4. The van der Waals surface area contributed by atoms with Crippen molar-refractivity contribution >= 4 is 11.6 Å². The lowest BCUT2D eigenvalue weighted by atomic mass is 10.0. The topological polar surface area (TPSA) is 56.7 Å². The Balaban J connectivity index is 2.00. The first kappa shape index (κ1) is 11.7. The van der Waals surface area contributed by atoms with Crippen LogP contribution in [0.3, 0.4) is 0 Å². The molecular weight excluding hydrogens is 248 g/mol. The predicted octanol–water partition coefficient (Wildman–Crippen LogP) is 2.43. The van der Waals surface area contributed by atoms with Gasteiger partial charge in [0, 0.05) is 23.0 Å². The van der Waals surface area contributed by atoms with Gasteiger partial charge in [-0.25, -0.2) is 9.67 Å². The molecule has 1 aliphatic heterocycles. The molecule has 0 bridgehead atoms. The number of fused-ring (bicyclic) bond motifs is 1. The number of hydrogen-bond donors (Lipinski definition) is 1. The lowest BCUT2D eigenvalue weighted by molar-refractivity contribution is 0.339. The molecule has 0 spiro atoms. The van der Waals surface area contributed by atoms with E-state index in [-0.39, 0.29) is 12.1 Å². The number of nitrogens with two attached hydrogens (primary N) is 1. The third-order valence-electron chi connectivity index (χ3n) is 3.51. The van der Waals surface area contributed by atoms with Crippen LogP contribution in [-0.2, 0) is 6.42 Å². The second-order valence-electron chi connectivity index (χ2n) is 4.75. The zero-order valence-corrected chi connectivity index (χ0v) is 10.9. The van der Waals surface area contributed by atoms with Crippen molar-refractivity contribution in [2.24, 2.45) is 5.73 Å². The van der Waals surface area contributed by atoms with E-state index in [9.17, 15) is 0 Å². The van der Waals surface area contributed by atoms with E-state index in [1.54, 1.807) is 0 Å². The van der Waals surface area contributed by atoms with Gasteiger partial charge in [-0.05, 0) is 37.6 Å². The summed E-state index contributed by atoms with van der Waals surface area (Å²) in [6.07, 6.45) is 1.87. The normalized spacial score (nSPS) is 22.8. The van der Waals surface area contributed by atoms with Crippen LogP contribution < -0.4 is 5.73 Å². The second-order valence-corrected chi connectivity index (χ2v) is 5.18. The fourth-order valence-electron chi connectivity index (χ4n) is 2.29. The minimum Gasteiger partial charge on any atom is -0.326 e. The Morgan fingerprint density at radius 2 is 2.06 bits per heavy atom. The van der Waals surface area contributed by atoms with Crippen molar-refractivity contribution in [2.45, 2.75) is 31.8 Å². The molecule has 2 N–H and O–H groups in total. The molecule has 2 unspecified atom stereocenters. The lowest BCUT2D eigenvalue weighted by Gasteiger charge is -2.25. The number of aromatic nitrogens is 3. The van der Waals surface area contributed by atoms with Crippen molar-refractivity contribution in [3.8, 4) is 11.4 Å². The molecule has 0 amide bonds. The molecule has 0 saturated heterocycles. The van der Waals surface area contributed by atoms with Gasteiger partial charge in [-0.2, -0.15) is 5.10 Å². The fraction of sp³-hybridized carbons (Fsp3) is 0.385. The Labute approximate surface area is 111 Å². The molecule has 0 aliphatic carbocycles. The van der Waals surface area contributed by atoms with E-state index in [0.717, 1.165) is 35.1 Å². The second kappa shape index (κ2) is 4.37. The highest BCUT2D eigenvalue weighted by atomic mass is 35.5. The van der Waals surface area contributed by atoms with Crippen molar-refractivity contribution in [3.05, 3.63) is 35.1 Å². The molecule has 94 valence electrons. The highest BCUT2D eigenvalue weighted by Crippen LogP contribution is 2.25. The van der Waals surface area contributed by atoms with Crippen molar-refractivity contribution in [1.82, 2.24) is 14.8 Å². The quantitative estimate of drug-likeness (QED) is 0.859. The molecule has 2 heterocycles. The summed E-state index contributed by atoms with van der Waals surface area (Å²) in [4.78, 5) is 4.59. The molecule has 2 aromatic rings. The first-order chi connectivity index (χ1) is 8.65. The lowest BCUT2D eigenvalue weighted by Crippen LogP contribution is -2.36. The number of hydrogen-bond acceptors (Lipinski definition) is 3. The van der Waals surface area contributed by atoms with Crippen LogP contribution in [0, 0.1) is 0 Å². The van der Waals surface area contributed by atoms with Gasteiger partial charge in [-0.3, -0.25) is 0 Å². The summed E-state index contributed by atoms with van der Waals surface area (Å²) in [6.45, 7) is 2.09. The van der Waals surface area contributed by atoms with Crippen LogP contribution in [0.15, 0.2) is 24.3 Å². The van der Waals surface area contributed by atoms with Crippen molar-refractivity contribution in [3.63, 3.8) is 0 Å². The van der Waals surface area contributed by atoms with Crippen LogP contribution in [0.5, 0.6) is 0 Å². The molecule has 1 aliphatic rings. The van der Waals surface area contributed by atoms with Crippen LogP contribution in [0.4, 0.5) is 0 Å². The van der Waals surface area contributed by atoms with Gasteiger partial charge in [0.15, 0.2) is 5.82 Å². The molecule has 0 saturated carbocycles. The highest BCUT2D eigenvalue weighted by Gasteiger charge is 2.26. The predicted molar refractivity (Wildman–Crippen MR) is 71.5 cm³/mol. The average Bonchev–Trinajstić information content (AvgIpc) is 2.80. The molecule has 3 rings (SSSR count). The largest absolute Gasteiger partial charge is 0.326 e. The molecule has 2 atom stereocenters. The van der Waals surface area contributed by atoms with E-state index in [1.165, 1.54) is 0 Å². The number of benzene rings is 1. The molecule has 1 aromatic heterocycles. The van der Waals surface area contributed by atoms with Crippen LogP contribution in [0.1, 0.15) is 25.2 Å². The number of rotatable bonds is 1. The van der Waals surface area contributed by atoms with E-state index in [2.05, 4.69) is 17.0 Å². The summed E-state index contributed by atoms with van der Waals surface area (Å²) in [5.74, 6) is 1.77. The van der Waals surface area contributed by atoms with E-state index >= 15 is 0 Å². The molecule has 5 heteroatoms. The Hall–Kier alpha value is -1.39. The van der Waals surface area contributed by atoms with Crippen LogP contribution in [-0.4, -0.2) is 20.8 Å². The maximum Gasteiger partial charge on any atom is 0.181 e. The SMILES string of the molecule is CC1C(N)CCc2nc(-c3ccc(Cl)cc3)nn21. The number of halogens is 1. The zero-order valence-electron chi connectivity index (χ0n) is 10.2. The van der Waals surface area contributed by atoms with Crippen molar-refractivity contribution in [1.29, 1.82) is 0 Å². The average molecular weight is 263 g/mol. The minimum atomic E-state index is 0.164. The summed E-state index contributed by atoms with van der Waals surface area (Å²) in [5.41, 5.74) is 7.04. The van der Waals surface area contributed by atoms with Gasteiger partial charge in [0.25, 0.3) is 0 Å². The fourth-order valence-corrected chi connectivity index (χ4v) is 2.42. The van der Waals surface area contributed by atoms with Crippen molar-refractivity contribution < 1.29 is 0 Å². The Morgan fingerprint density at radius 3 is 2.78 bits per heavy atom. The van der Waals surface area contributed by atoms with Gasteiger partial charge >= 0.3 is 0 Å². The Bertz CT molecular complexity index is 561. The van der Waals surface area contributed by atoms with E-state index in [1.807, 2.05) is 28.9 Å². The first-order valence-electron chi connectivity index (χ1n) is 6.12. The third kappa shape index (κ3) is 1.91. The van der Waals surface area contributed by atoms with Gasteiger partial charge in [0.05, 0.1) is 6.04 Å². The van der Waals surface area contributed by atoms with E-state index in [4.69, 9.17) is 17.3 Å². The summed E-state index contributed by atoms with van der Waals surface area (Å²) in [5, 5.41) is 5.29. The summed E-state index contributed by atoms with van der Waals surface area (Å²) < 4.78 is 1.96. The molecule has 0 fully saturated rings. The van der Waals surface area contributed by atoms with Crippen LogP contribution >= 0.6 is 11.6 Å². The zero-order chi connectivity index (χ0) is 12.7. The summed E-state index contributed by atoms with van der Waals surface area (Å²) >= 11 is 5.88. The molecule has 4 nitrogen and oxygen atoms in total. The van der Waals surface area contributed by atoms with Crippen molar-refractivity contribution in [2.75, 3.05) is 0 Å². The molecule has 0 radical (unpaired) electrons. The summed E-state index contributed by atoms with van der Waals surface area (Å²) in [6, 6.07) is 7.96.